The van der Waals surface area contributed by atoms with E-state index in [0.717, 1.165) is 23.1 Å². The first-order chi connectivity index (χ1) is 9.70. The van der Waals surface area contributed by atoms with Crippen molar-refractivity contribution in [2.75, 3.05) is 7.05 Å². The molecule has 0 spiro atoms. The average molecular weight is 267 g/mol. The molecule has 20 heavy (non-hydrogen) atoms. The van der Waals surface area contributed by atoms with Gasteiger partial charge in [0.1, 0.15) is 5.75 Å². The van der Waals surface area contributed by atoms with E-state index in [1.165, 1.54) is 18.4 Å². The van der Waals surface area contributed by atoms with E-state index < -0.39 is 0 Å². The smallest absolute Gasteiger partial charge is 0.117 e. The van der Waals surface area contributed by atoms with Crippen LogP contribution in [-0.2, 0) is 0 Å². The summed E-state index contributed by atoms with van der Waals surface area (Å²) in [6, 6.07) is 6.34. The number of phenolic OH excluding ortho intramolecular Hbond substituents is 1. The lowest BCUT2D eigenvalue weighted by atomic mass is 9.99. The van der Waals surface area contributed by atoms with Crippen molar-refractivity contribution in [3.8, 4) is 5.75 Å². The highest BCUT2D eigenvalue weighted by molar-refractivity contribution is 5.78. The molecular formula is C16H17N3O. The van der Waals surface area contributed by atoms with Crippen molar-refractivity contribution in [2.45, 2.75) is 31.3 Å². The van der Waals surface area contributed by atoms with Crippen LogP contribution >= 0.6 is 0 Å². The number of aromatic hydroxyl groups is 1. The molecule has 2 atom stereocenters. The van der Waals surface area contributed by atoms with E-state index in [0.29, 0.717) is 12.1 Å². The molecule has 0 aliphatic carbocycles. The fourth-order valence-corrected chi connectivity index (χ4v) is 3.39. The summed E-state index contributed by atoms with van der Waals surface area (Å²) in [5, 5.41) is 9.47. The van der Waals surface area contributed by atoms with E-state index in [4.69, 9.17) is 4.98 Å². The summed E-state index contributed by atoms with van der Waals surface area (Å²) in [5.41, 5.74) is 3.88. The Morgan fingerprint density at radius 2 is 2.15 bits per heavy atom. The first-order valence-corrected chi connectivity index (χ1v) is 7.09. The Balaban J connectivity index is 1.76. The van der Waals surface area contributed by atoms with Crippen LogP contribution in [-0.4, -0.2) is 39.1 Å². The van der Waals surface area contributed by atoms with E-state index in [9.17, 15) is 5.11 Å². The lowest BCUT2D eigenvalue weighted by Crippen LogP contribution is -2.34. The Morgan fingerprint density at radius 1 is 1.25 bits per heavy atom. The van der Waals surface area contributed by atoms with Gasteiger partial charge in [0.2, 0.25) is 0 Å². The molecule has 2 aliphatic rings. The Bertz CT molecular complexity index is 710. The minimum absolute atomic E-state index is 0.233. The van der Waals surface area contributed by atoms with Crippen molar-refractivity contribution in [3.05, 3.63) is 36.2 Å². The monoisotopic (exact) mass is 267 g/mol. The molecule has 4 heteroatoms. The van der Waals surface area contributed by atoms with Crippen molar-refractivity contribution >= 4 is 16.6 Å². The van der Waals surface area contributed by atoms with Gasteiger partial charge in [-0.3, -0.25) is 9.88 Å². The molecule has 0 radical (unpaired) electrons. The van der Waals surface area contributed by atoms with Gasteiger partial charge in [0.15, 0.2) is 0 Å². The molecule has 0 amide bonds. The standard InChI is InChI=1S/C16H17N3O/c1-19-11-2-3-12(19)7-10(6-11)16-9-17-15-8-13(20)4-5-14(15)18-16/h4-6,8-9,11-12,20H,2-3,7H2,1H3. The highest BCUT2D eigenvalue weighted by Gasteiger charge is 2.34. The minimum atomic E-state index is 0.233. The van der Waals surface area contributed by atoms with Gasteiger partial charge >= 0.3 is 0 Å². The van der Waals surface area contributed by atoms with E-state index >= 15 is 0 Å². The number of fused-ring (bicyclic) bond motifs is 3. The summed E-state index contributed by atoms with van der Waals surface area (Å²) in [5.74, 6) is 0.233. The summed E-state index contributed by atoms with van der Waals surface area (Å²) in [6.45, 7) is 0. The molecule has 4 nitrogen and oxygen atoms in total. The van der Waals surface area contributed by atoms with Crippen molar-refractivity contribution < 1.29 is 5.11 Å². The molecule has 3 heterocycles. The van der Waals surface area contributed by atoms with Crippen LogP contribution in [0.25, 0.3) is 16.6 Å². The Hall–Kier alpha value is -1.94. The molecule has 1 fully saturated rings. The molecule has 2 bridgehead atoms. The number of nitrogens with zero attached hydrogens (tertiary/aromatic N) is 3. The molecule has 102 valence electrons. The number of rotatable bonds is 1. The van der Waals surface area contributed by atoms with E-state index in [-0.39, 0.29) is 5.75 Å². The minimum Gasteiger partial charge on any atom is -0.508 e. The van der Waals surface area contributed by atoms with E-state index in [1.807, 2.05) is 12.3 Å². The molecule has 1 N–H and O–H groups in total. The van der Waals surface area contributed by atoms with Crippen LogP contribution in [0.15, 0.2) is 30.5 Å². The van der Waals surface area contributed by atoms with Crippen LogP contribution in [0, 0.1) is 0 Å². The summed E-state index contributed by atoms with van der Waals surface area (Å²) in [7, 11) is 2.21. The molecule has 4 rings (SSSR count). The van der Waals surface area contributed by atoms with Crippen molar-refractivity contribution in [1.29, 1.82) is 0 Å². The van der Waals surface area contributed by atoms with E-state index in [2.05, 4.69) is 23.0 Å². The quantitative estimate of drug-likeness (QED) is 0.862. The third-order valence-corrected chi connectivity index (χ3v) is 4.60. The van der Waals surface area contributed by atoms with Gasteiger partial charge in [-0.2, -0.15) is 0 Å². The van der Waals surface area contributed by atoms with Gasteiger partial charge in [-0.15, -0.1) is 0 Å². The lowest BCUT2D eigenvalue weighted by Gasteiger charge is -2.30. The molecule has 0 saturated carbocycles. The van der Waals surface area contributed by atoms with Crippen LogP contribution < -0.4 is 0 Å². The fourth-order valence-electron chi connectivity index (χ4n) is 3.39. The first kappa shape index (κ1) is 11.9. The van der Waals surface area contributed by atoms with Gasteiger partial charge in [-0.05, 0) is 44.0 Å². The molecule has 2 aromatic rings. The molecule has 1 saturated heterocycles. The summed E-state index contributed by atoms with van der Waals surface area (Å²) in [6.07, 6.45) is 7.76. The molecule has 1 aromatic heterocycles. The number of hydrogen-bond acceptors (Lipinski definition) is 4. The van der Waals surface area contributed by atoms with Gasteiger partial charge in [0.05, 0.1) is 22.9 Å². The predicted molar refractivity (Wildman–Crippen MR) is 78.4 cm³/mol. The Kier molecular flexibility index (Phi) is 2.54. The summed E-state index contributed by atoms with van der Waals surface area (Å²) in [4.78, 5) is 11.6. The van der Waals surface area contributed by atoms with Gasteiger partial charge in [0, 0.05) is 18.2 Å². The van der Waals surface area contributed by atoms with E-state index in [1.54, 1.807) is 12.1 Å². The second-order valence-corrected chi connectivity index (χ2v) is 5.79. The zero-order chi connectivity index (χ0) is 13.7. The molecular weight excluding hydrogens is 250 g/mol. The fraction of sp³-hybridized carbons (Fsp3) is 0.375. The predicted octanol–water partition coefficient (Wildman–Crippen LogP) is 2.59. The average Bonchev–Trinajstić information content (AvgIpc) is 2.68. The number of benzene rings is 1. The zero-order valence-corrected chi connectivity index (χ0v) is 11.5. The van der Waals surface area contributed by atoms with Crippen LogP contribution in [0.4, 0.5) is 0 Å². The highest BCUT2D eigenvalue weighted by Crippen LogP contribution is 2.36. The van der Waals surface area contributed by atoms with Gasteiger partial charge in [-0.1, -0.05) is 6.08 Å². The van der Waals surface area contributed by atoms with Gasteiger partial charge in [-0.25, -0.2) is 4.98 Å². The van der Waals surface area contributed by atoms with Gasteiger partial charge in [0.25, 0.3) is 0 Å². The molecule has 2 aliphatic heterocycles. The molecule has 2 unspecified atom stereocenters. The second-order valence-electron chi connectivity index (χ2n) is 5.79. The number of hydrogen-bond donors (Lipinski definition) is 1. The van der Waals surface area contributed by atoms with Gasteiger partial charge < -0.3 is 5.11 Å². The summed E-state index contributed by atoms with van der Waals surface area (Å²) < 4.78 is 0. The maximum absolute atomic E-state index is 9.47. The maximum Gasteiger partial charge on any atom is 0.117 e. The third-order valence-electron chi connectivity index (χ3n) is 4.60. The maximum atomic E-state index is 9.47. The SMILES string of the molecule is CN1C2C=C(c3cnc4cc(O)ccc4n3)CC1CC2. The number of aromatic nitrogens is 2. The third kappa shape index (κ3) is 1.79. The number of phenols is 1. The summed E-state index contributed by atoms with van der Waals surface area (Å²) >= 11 is 0. The second kappa shape index (κ2) is 4.28. The van der Waals surface area contributed by atoms with Crippen LogP contribution in [0.5, 0.6) is 5.75 Å². The van der Waals surface area contributed by atoms with Crippen LogP contribution in [0.3, 0.4) is 0 Å². The normalized spacial score (nSPS) is 25.9. The highest BCUT2D eigenvalue weighted by atomic mass is 16.3. The lowest BCUT2D eigenvalue weighted by molar-refractivity contribution is 0.264. The first-order valence-electron chi connectivity index (χ1n) is 7.09. The van der Waals surface area contributed by atoms with Crippen molar-refractivity contribution in [1.82, 2.24) is 14.9 Å². The Labute approximate surface area is 117 Å². The van der Waals surface area contributed by atoms with Crippen LogP contribution in [0.1, 0.15) is 25.0 Å². The van der Waals surface area contributed by atoms with Crippen molar-refractivity contribution in [2.24, 2.45) is 0 Å². The van der Waals surface area contributed by atoms with Crippen LogP contribution in [0.2, 0.25) is 0 Å². The van der Waals surface area contributed by atoms with Crippen molar-refractivity contribution in [3.63, 3.8) is 0 Å². The Morgan fingerprint density at radius 3 is 3.00 bits per heavy atom. The largest absolute Gasteiger partial charge is 0.508 e. The number of likely N-dealkylation sites (N-methyl/N-ethyl adjacent to an activating group) is 1. The molecule has 1 aromatic carbocycles. The topological polar surface area (TPSA) is 49.2 Å². The zero-order valence-electron chi connectivity index (χ0n) is 11.5.